The Labute approximate surface area is 108 Å². The lowest BCUT2D eigenvalue weighted by atomic mass is 10.1. The highest BCUT2D eigenvalue weighted by Gasteiger charge is 2.10. The van der Waals surface area contributed by atoms with Crippen LogP contribution >= 0.6 is 0 Å². The van der Waals surface area contributed by atoms with E-state index in [1.54, 1.807) is 7.11 Å². The molecule has 0 aromatic heterocycles. The summed E-state index contributed by atoms with van der Waals surface area (Å²) in [5.74, 6) is 0.843. The van der Waals surface area contributed by atoms with Crippen LogP contribution in [0.4, 0.5) is 5.69 Å². The van der Waals surface area contributed by atoms with Gasteiger partial charge in [-0.3, -0.25) is 4.79 Å². The molecular weight excluding hydrogens is 230 g/mol. The first-order valence-electron chi connectivity index (χ1n) is 6.17. The molecule has 0 saturated heterocycles. The number of benzene rings is 1. The SMILES string of the molecule is CCOc1c(C)cc(NC(=O)CC)cc1COC. The van der Waals surface area contributed by atoms with Gasteiger partial charge in [0.05, 0.1) is 13.2 Å². The van der Waals surface area contributed by atoms with Crippen molar-refractivity contribution in [2.24, 2.45) is 0 Å². The van der Waals surface area contributed by atoms with Crippen LogP contribution in [-0.4, -0.2) is 19.6 Å². The average molecular weight is 251 g/mol. The molecule has 1 N–H and O–H groups in total. The van der Waals surface area contributed by atoms with Gasteiger partial charge in [-0.2, -0.15) is 0 Å². The van der Waals surface area contributed by atoms with E-state index in [4.69, 9.17) is 9.47 Å². The van der Waals surface area contributed by atoms with Crippen LogP contribution in [0.5, 0.6) is 5.75 Å². The van der Waals surface area contributed by atoms with Crippen LogP contribution in [0, 0.1) is 6.92 Å². The Balaban J connectivity index is 3.05. The molecule has 0 heterocycles. The lowest BCUT2D eigenvalue weighted by Gasteiger charge is -2.15. The number of rotatable bonds is 6. The summed E-state index contributed by atoms with van der Waals surface area (Å²) in [6.45, 7) is 6.81. The fourth-order valence-electron chi connectivity index (χ4n) is 1.78. The standard InChI is InChI=1S/C14H21NO3/c1-5-13(16)15-12-7-10(3)14(18-6-2)11(8-12)9-17-4/h7-8H,5-6,9H2,1-4H3,(H,15,16). The molecule has 0 aliphatic rings. The molecule has 4 heteroatoms. The second kappa shape index (κ2) is 7.01. The van der Waals surface area contributed by atoms with Crippen molar-refractivity contribution in [3.63, 3.8) is 0 Å². The van der Waals surface area contributed by atoms with Crippen molar-refractivity contribution in [3.05, 3.63) is 23.3 Å². The molecule has 0 saturated carbocycles. The van der Waals surface area contributed by atoms with Crippen molar-refractivity contribution in [3.8, 4) is 5.75 Å². The van der Waals surface area contributed by atoms with E-state index in [9.17, 15) is 4.79 Å². The molecule has 100 valence electrons. The van der Waals surface area contributed by atoms with Gasteiger partial charge in [-0.05, 0) is 31.5 Å². The second-order valence-corrected chi connectivity index (χ2v) is 4.05. The Morgan fingerprint density at radius 3 is 2.61 bits per heavy atom. The first-order valence-corrected chi connectivity index (χ1v) is 6.17. The summed E-state index contributed by atoms with van der Waals surface area (Å²) in [7, 11) is 1.64. The van der Waals surface area contributed by atoms with Gasteiger partial charge in [-0.15, -0.1) is 0 Å². The zero-order valence-electron chi connectivity index (χ0n) is 11.5. The van der Waals surface area contributed by atoms with Gasteiger partial charge >= 0.3 is 0 Å². The fourth-order valence-corrected chi connectivity index (χ4v) is 1.78. The van der Waals surface area contributed by atoms with E-state index >= 15 is 0 Å². The lowest BCUT2D eigenvalue weighted by Crippen LogP contribution is -2.10. The summed E-state index contributed by atoms with van der Waals surface area (Å²) in [4.78, 5) is 11.4. The van der Waals surface area contributed by atoms with Crippen LogP contribution in [0.15, 0.2) is 12.1 Å². The van der Waals surface area contributed by atoms with Crippen molar-refractivity contribution >= 4 is 11.6 Å². The lowest BCUT2D eigenvalue weighted by molar-refractivity contribution is -0.115. The summed E-state index contributed by atoms with van der Waals surface area (Å²) in [6, 6.07) is 3.81. The number of amides is 1. The molecule has 18 heavy (non-hydrogen) atoms. The molecule has 0 atom stereocenters. The number of carbonyl (C=O) groups excluding carboxylic acids is 1. The molecule has 0 aliphatic heterocycles. The smallest absolute Gasteiger partial charge is 0.224 e. The third-order valence-electron chi connectivity index (χ3n) is 2.54. The number of aryl methyl sites for hydroxylation is 1. The normalized spacial score (nSPS) is 10.2. The molecule has 1 aromatic carbocycles. The fraction of sp³-hybridized carbons (Fsp3) is 0.500. The minimum atomic E-state index is 0.00178. The van der Waals surface area contributed by atoms with Crippen molar-refractivity contribution in [1.82, 2.24) is 0 Å². The molecule has 1 rings (SSSR count). The molecule has 0 spiro atoms. The zero-order valence-corrected chi connectivity index (χ0v) is 11.5. The number of carbonyl (C=O) groups is 1. The number of hydrogen-bond acceptors (Lipinski definition) is 3. The van der Waals surface area contributed by atoms with E-state index in [2.05, 4.69) is 5.32 Å². The van der Waals surface area contributed by atoms with E-state index in [-0.39, 0.29) is 5.91 Å². The molecule has 0 bridgehead atoms. The molecule has 0 aliphatic carbocycles. The Morgan fingerprint density at radius 1 is 1.33 bits per heavy atom. The van der Waals surface area contributed by atoms with Gasteiger partial charge in [0, 0.05) is 24.8 Å². The van der Waals surface area contributed by atoms with Crippen LogP contribution in [0.1, 0.15) is 31.4 Å². The average Bonchev–Trinajstić information content (AvgIpc) is 2.34. The van der Waals surface area contributed by atoms with E-state index < -0.39 is 0 Å². The minimum Gasteiger partial charge on any atom is -0.493 e. The number of hydrogen-bond donors (Lipinski definition) is 1. The monoisotopic (exact) mass is 251 g/mol. The van der Waals surface area contributed by atoms with Crippen LogP contribution in [0.3, 0.4) is 0 Å². The summed E-state index contributed by atoms with van der Waals surface area (Å²) < 4.78 is 10.8. The van der Waals surface area contributed by atoms with Gasteiger partial charge in [0.25, 0.3) is 0 Å². The summed E-state index contributed by atoms with van der Waals surface area (Å²) >= 11 is 0. The number of methoxy groups -OCH3 is 1. The maximum absolute atomic E-state index is 11.4. The molecule has 0 fully saturated rings. The van der Waals surface area contributed by atoms with Gasteiger partial charge in [-0.25, -0.2) is 0 Å². The number of nitrogens with one attached hydrogen (secondary N) is 1. The summed E-state index contributed by atoms with van der Waals surface area (Å²) in [5, 5.41) is 2.85. The molecule has 0 unspecified atom stereocenters. The van der Waals surface area contributed by atoms with Crippen LogP contribution in [0.25, 0.3) is 0 Å². The second-order valence-electron chi connectivity index (χ2n) is 4.05. The van der Waals surface area contributed by atoms with Crippen molar-refractivity contribution < 1.29 is 14.3 Å². The molecule has 1 amide bonds. The number of anilines is 1. The first kappa shape index (κ1) is 14.5. The molecule has 0 radical (unpaired) electrons. The quantitative estimate of drug-likeness (QED) is 0.845. The van der Waals surface area contributed by atoms with Gasteiger partial charge in [0.2, 0.25) is 5.91 Å². The van der Waals surface area contributed by atoms with Gasteiger partial charge in [-0.1, -0.05) is 6.92 Å². The molecule has 1 aromatic rings. The summed E-state index contributed by atoms with van der Waals surface area (Å²) in [6.07, 6.45) is 0.464. The Bertz CT molecular complexity index is 416. The maximum Gasteiger partial charge on any atom is 0.224 e. The van der Waals surface area contributed by atoms with Crippen molar-refractivity contribution in [2.45, 2.75) is 33.8 Å². The van der Waals surface area contributed by atoms with Gasteiger partial charge in [0.1, 0.15) is 5.75 Å². The minimum absolute atomic E-state index is 0.00178. The highest BCUT2D eigenvalue weighted by molar-refractivity contribution is 5.90. The number of ether oxygens (including phenoxy) is 2. The zero-order chi connectivity index (χ0) is 13.5. The third kappa shape index (κ3) is 3.74. The van der Waals surface area contributed by atoms with Crippen LogP contribution in [-0.2, 0) is 16.1 Å². The van der Waals surface area contributed by atoms with Crippen LogP contribution in [0.2, 0.25) is 0 Å². The Morgan fingerprint density at radius 2 is 2.06 bits per heavy atom. The summed E-state index contributed by atoms with van der Waals surface area (Å²) in [5.41, 5.74) is 2.73. The maximum atomic E-state index is 11.4. The first-order chi connectivity index (χ1) is 8.62. The molecule has 4 nitrogen and oxygen atoms in total. The Hall–Kier alpha value is -1.55. The molecular formula is C14H21NO3. The van der Waals surface area contributed by atoms with Gasteiger partial charge < -0.3 is 14.8 Å². The van der Waals surface area contributed by atoms with Crippen LogP contribution < -0.4 is 10.1 Å². The van der Waals surface area contributed by atoms with E-state index in [1.807, 2.05) is 32.9 Å². The van der Waals surface area contributed by atoms with E-state index in [1.165, 1.54) is 0 Å². The van der Waals surface area contributed by atoms with E-state index in [0.29, 0.717) is 19.6 Å². The highest BCUT2D eigenvalue weighted by Crippen LogP contribution is 2.28. The van der Waals surface area contributed by atoms with E-state index in [0.717, 1.165) is 22.6 Å². The predicted octanol–water partition coefficient (Wildman–Crippen LogP) is 2.89. The highest BCUT2D eigenvalue weighted by atomic mass is 16.5. The topological polar surface area (TPSA) is 47.6 Å². The largest absolute Gasteiger partial charge is 0.493 e. The van der Waals surface area contributed by atoms with Crippen molar-refractivity contribution in [1.29, 1.82) is 0 Å². The third-order valence-corrected chi connectivity index (χ3v) is 2.54. The van der Waals surface area contributed by atoms with Gasteiger partial charge in [0.15, 0.2) is 0 Å². The predicted molar refractivity (Wildman–Crippen MR) is 72.0 cm³/mol. The Kier molecular flexibility index (Phi) is 5.65. The van der Waals surface area contributed by atoms with Crippen molar-refractivity contribution in [2.75, 3.05) is 19.0 Å².